The van der Waals surface area contributed by atoms with Crippen LogP contribution in [0.4, 0.5) is 17.1 Å². The molecule has 7 aromatic heterocycles. The Balaban J connectivity index is 0.000000104. The number of nitrogens with zero attached hydrogens (tertiary/aromatic N) is 8. The van der Waals surface area contributed by atoms with E-state index in [-0.39, 0.29) is 0 Å². The van der Waals surface area contributed by atoms with Gasteiger partial charge in [0.2, 0.25) is 0 Å². The Morgan fingerprint density at radius 2 is 0.540 bits per heavy atom. The number of hydrogen-bond acceptors (Lipinski definition) is 7. The highest BCUT2D eigenvalue weighted by molar-refractivity contribution is 6.29. The van der Waals surface area contributed by atoms with Crippen molar-refractivity contribution in [3.05, 3.63) is 438 Å². The molecule has 7 heterocycles. The zero-order valence-electron chi connectivity index (χ0n) is 67.9. The van der Waals surface area contributed by atoms with E-state index >= 15 is 0 Å². The van der Waals surface area contributed by atoms with Gasteiger partial charge >= 0.3 is 0 Å². The van der Waals surface area contributed by atoms with Gasteiger partial charge in [0.15, 0.2) is 0 Å². The first-order chi connectivity index (χ1) is 62.5. The average molecular weight is 1610 g/mol. The molecule has 11 nitrogen and oxygen atoms in total. The van der Waals surface area contributed by atoms with Crippen LogP contribution in [0.25, 0.3) is 220 Å². The van der Waals surface area contributed by atoms with Crippen molar-refractivity contribution in [2.24, 2.45) is 0 Å². The molecule has 27 rings (SSSR count). The molecule has 0 aliphatic rings. The molecule has 0 unspecified atom stereocenters. The van der Waals surface area contributed by atoms with E-state index in [4.69, 9.17) is 28.2 Å². The molecule has 0 radical (unpaired) electrons. The fraction of sp³-hybridized carbons (Fsp3) is 0. The maximum Gasteiger partial charge on any atom is 0.145 e. The second-order valence-electron chi connectivity index (χ2n) is 32.2. The van der Waals surface area contributed by atoms with Gasteiger partial charge in [-0.05, 0) is 224 Å². The van der Waals surface area contributed by atoms with Crippen LogP contribution in [-0.2, 0) is 0 Å². The van der Waals surface area contributed by atoms with Crippen LogP contribution in [0.2, 0.25) is 0 Å². The lowest BCUT2D eigenvalue weighted by molar-refractivity contribution is 0.672. The molecule has 0 aliphatic heterocycles. The van der Waals surface area contributed by atoms with Crippen molar-refractivity contribution in [1.29, 1.82) is 0 Å². The van der Waals surface area contributed by atoms with E-state index in [9.17, 15) is 0 Å². The van der Waals surface area contributed by atoms with Crippen molar-refractivity contribution in [2.45, 2.75) is 0 Å². The Bertz CT molecular complexity index is 8920. The number of imidazole rings is 3. The van der Waals surface area contributed by atoms with Gasteiger partial charge in [0.25, 0.3) is 0 Å². The minimum absolute atomic E-state index is 0.884. The minimum Gasteiger partial charge on any atom is -0.455 e. The van der Waals surface area contributed by atoms with Crippen molar-refractivity contribution in [2.75, 3.05) is 4.90 Å². The molecule has 0 saturated carbocycles. The summed E-state index contributed by atoms with van der Waals surface area (Å²) in [6.07, 6.45) is 5.78. The fourth-order valence-electron chi connectivity index (χ4n) is 19.4. The largest absolute Gasteiger partial charge is 0.455 e. The second kappa shape index (κ2) is 29.3. The highest BCUT2D eigenvalue weighted by Crippen LogP contribution is 2.49. The number of rotatable bonds is 10. The van der Waals surface area contributed by atoms with E-state index in [0.29, 0.717) is 0 Å². The van der Waals surface area contributed by atoms with E-state index in [0.717, 1.165) is 199 Å². The lowest BCUT2D eigenvalue weighted by Crippen LogP contribution is -2.09. The average Bonchev–Trinajstić information content (AvgIpc) is 1.55. The van der Waals surface area contributed by atoms with Crippen LogP contribution in [0, 0.1) is 0 Å². The van der Waals surface area contributed by atoms with Gasteiger partial charge in [0, 0.05) is 82.9 Å². The molecule has 20 aromatic carbocycles. The smallest absolute Gasteiger partial charge is 0.145 e. The molecule has 590 valence electrons. The number of aromatic nitrogens is 7. The van der Waals surface area contributed by atoms with E-state index in [1.165, 1.54) is 38.1 Å². The highest BCUT2D eigenvalue weighted by Gasteiger charge is 2.26. The van der Waals surface area contributed by atoms with Crippen LogP contribution in [-0.4, -0.2) is 33.2 Å². The summed E-state index contributed by atoms with van der Waals surface area (Å²) in [6.45, 7) is 0. The number of hydrogen-bond donors (Lipinski definition) is 0. The molecular formula is C115H72N8O3. The Labute approximate surface area is 721 Å². The molecule has 0 fully saturated rings. The third-order valence-corrected chi connectivity index (χ3v) is 25.1. The summed E-state index contributed by atoms with van der Waals surface area (Å²) in [5, 5.41) is 18.3. The lowest BCUT2D eigenvalue weighted by Gasteiger charge is -2.25. The first-order valence-corrected chi connectivity index (χ1v) is 42.5. The van der Waals surface area contributed by atoms with Crippen molar-refractivity contribution < 1.29 is 13.3 Å². The van der Waals surface area contributed by atoms with Crippen LogP contribution in [0.3, 0.4) is 0 Å². The summed E-state index contributed by atoms with van der Waals surface area (Å²) in [5.41, 5.74) is 28.2. The zero-order chi connectivity index (χ0) is 82.9. The van der Waals surface area contributed by atoms with Gasteiger partial charge in [0.1, 0.15) is 52.5 Å². The van der Waals surface area contributed by atoms with Gasteiger partial charge in [-0.25, -0.2) is 15.0 Å². The minimum atomic E-state index is 0.884. The summed E-state index contributed by atoms with van der Waals surface area (Å²) in [7, 11) is 0. The first kappa shape index (κ1) is 71.7. The second-order valence-corrected chi connectivity index (χ2v) is 32.2. The van der Waals surface area contributed by atoms with Gasteiger partial charge in [0.05, 0.1) is 60.3 Å². The van der Waals surface area contributed by atoms with Crippen molar-refractivity contribution in [1.82, 2.24) is 33.2 Å². The highest BCUT2D eigenvalue weighted by atomic mass is 16.3. The normalized spacial score (nSPS) is 11.8. The van der Waals surface area contributed by atoms with E-state index < -0.39 is 0 Å². The van der Waals surface area contributed by atoms with Crippen molar-refractivity contribution in [3.63, 3.8) is 0 Å². The molecule has 0 spiro atoms. The van der Waals surface area contributed by atoms with Crippen LogP contribution in [0.15, 0.2) is 451 Å². The van der Waals surface area contributed by atoms with Gasteiger partial charge in [-0.2, -0.15) is 0 Å². The number of para-hydroxylation sites is 10. The quantitative estimate of drug-likeness (QED) is 0.134. The van der Waals surface area contributed by atoms with E-state index in [1.54, 1.807) is 0 Å². The van der Waals surface area contributed by atoms with Gasteiger partial charge in [-0.1, -0.05) is 255 Å². The van der Waals surface area contributed by atoms with Crippen molar-refractivity contribution >= 4 is 181 Å². The summed E-state index contributed by atoms with van der Waals surface area (Å²) in [6, 6.07) is 147. The molecule has 0 atom stereocenters. The summed E-state index contributed by atoms with van der Waals surface area (Å²) < 4.78 is 28.7. The lowest BCUT2D eigenvalue weighted by atomic mass is 9.94. The number of furan rings is 3. The molecule has 0 saturated heterocycles. The van der Waals surface area contributed by atoms with Crippen LogP contribution >= 0.6 is 0 Å². The van der Waals surface area contributed by atoms with Crippen LogP contribution in [0.1, 0.15) is 0 Å². The predicted molar refractivity (Wildman–Crippen MR) is 520 cm³/mol. The van der Waals surface area contributed by atoms with E-state index in [2.05, 4.69) is 387 Å². The topological polar surface area (TPSA) is 101 Å². The molecule has 0 bridgehead atoms. The Morgan fingerprint density at radius 3 is 0.984 bits per heavy atom. The third-order valence-electron chi connectivity index (χ3n) is 25.1. The van der Waals surface area contributed by atoms with Gasteiger partial charge in [-0.15, -0.1) is 0 Å². The van der Waals surface area contributed by atoms with Gasteiger partial charge in [-0.3, -0.25) is 13.7 Å². The fourth-order valence-corrected chi connectivity index (χ4v) is 19.4. The maximum atomic E-state index is 6.66. The van der Waals surface area contributed by atoms with Crippen LogP contribution < -0.4 is 4.90 Å². The Morgan fingerprint density at radius 1 is 0.214 bits per heavy atom. The molecule has 0 N–H and O–H groups in total. The summed E-state index contributed by atoms with van der Waals surface area (Å²) in [4.78, 5) is 17.1. The third kappa shape index (κ3) is 11.7. The number of fused-ring (bicyclic) bond motifs is 25. The van der Waals surface area contributed by atoms with Crippen molar-refractivity contribution in [3.8, 4) is 56.1 Å². The summed E-state index contributed by atoms with van der Waals surface area (Å²) in [5.74, 6) is 0. The molecule has 126 heavy (non-hydrogen) atoms. The monoisotopic (exact) mass is 1610 g/mol. The van der Waals surface area contributed by atoms with Crippen LogP contribution in [0.5, 0.6) is 0 Å². The zero-order valence-corrected chi connectivity index (χ0v) is 67.9. The van der Waals surface area contributed by atoms with E-state index in [1.807, 2.05) is 73.6 Å². The molecule has 0 amide bonds. The number of benzene rings is 20. The predicted octanol–water partition coefficient (Wildman–Crippen LogP) is 31.0. The Kier molecular flexibility index (Phi) is 16.7. The molecular weight excluding hydrogens is 1540 g/mol. The summed E-state index contributed by atoms with van der Waals surface area (Å²) >= 11 is 0. The SMILES string of the molecule is c1ccc(-n2cnc3cc(-c4ccc5c(c4)c4ccccc4n5-c4ccccc4)c4ccc5c6ccccc6oc5c4c32)cc1.c1ccc(-n2cnc3cc(-c4ccc5ccccc5c4)c4ccc5c6ccccc6oc5c4c32)cc1.c1ccc(N(c2ccccc2)c2ccc(-c3cc4ncn(-c5ccccc5)c4c4c3ccc3c5ccccc5oc34)cc2)cc1. The standard InChI is InChI=1S/C41H25N3O.C41H27N3O.C33H20N2O/c1-3-11-27(12-4-1)43-25-42-35-24-33(31-20-21-32-30-16-8-10-18-38(30)45-41(32)39(31)40(35)43)26-19-22-37-34(23-26)29-15-7-9-17-36(29)44(37)28-13-5-2-6-14-28;1-4-12-29(13-5-1)43-27-42-37-26-36(34-24-25-35-33-18-10-11-19-38(33)45-41(35)39(34)40(37)43)28-20-22-32(23-21-28)44(30-14-6-2-7-15-30)31-16-8-3-9-17-31;1-2-10-24(11-3-1)35-20-34-29-19-28(23-15-14-21-8-4-5-9-22(21)18-23)26-16-17-27-25-12-6-7-13-30(25)36-33(27)31(26)32(29)35/h1-25H;1-27H;1-20H. The Hall–Kier alpha value is -17.2. The number of anilines is 3. The van der Waals surface area contributed by atoms with Gasteiger partial charge < -0.3 is 22.7 Å². The first-order valence-electron chi connectivity index (χ1n) is 42.5. The molecule has 11 heteroatoms. The molecule has 27 aromatic rings. The molecule has 0 aliphatic carbocycles. The maximum absolute atomic E-state index is 6.66.